The Morgan fingerprint density at radius 3 is 1.50 bits per heavy atom. The Bertz CT molecular complexity index is 163. The topological polar surface area (TPSA) is 9.23 Å². The highest BCUT2D eigenvalue weighted by atomic mass is 19.4. The Hall–Kier alpha value is -0.810. The molecule has 14 heavy (non-hydrogen) atoms. The Balaban J connectivity index is 0.000000280. The second-order valence-corrected chi connectivity index (χ2v) is 2.73. The molecule has 0 saturated heterocycles. The van der Waals surface area contributed by atoms with Crippen molar-refractivity contribution >= 4 is 0 Å². The summed E-state index contributed by atoms with van der Waals surface area (Å²) in [6, 6.07) is -2.30. The van der Waals surface area contributed by atoms with Gasteiger partial charge in [-0.2, -0.15) is 4.39 Å². The van der Waals surface area contributed by atoms with Crippen LogP contribution in [0.5, 0.6) is 0 Å². The summed E-state index contributed by atoms with van der Waals surface area (Å²) in [7, 11) is 0. The molecule has 0 heterocycles. The van der Waals surface area contributed by atoms with E-state index in [4.69, 9.17) is 0 Å². The summed E-state index contributed by atoms with van der Waals surface area (Å²) in [5.74, 6) is 0. The molecule has 0 unspecified atom stereocenters. The van der Waals surface area contributed by atoms with Gasteiger partial charge in [0.05, 0.1) is 0 Å². The largest absolute Gasteiger partial charge is 0.574 e. The highest BCUT2D eigenvalue weighted by Gasteiger charge is 2.32. The molecular weight excluding hydrogens is 207 g/mol. The first-order valence-corrected chi connectivity index (χ1v) is 4.17. The summed E-state index contributed by atoms with van der Waals surface area (Å²) in [4.78, 5) is 0. The van der Waals surface area contributed by atoms with Crippen molar-refractivity contribution in [2.24, 2.45) is 0 Å². The normalized spacial score (nSPS) is 17.4. The van der Waals surface area contributed by atoms with Crippen LogP contribution in [-0.2, 0) is 4.74 Å². The van der Waals surface area contributed by atoms with Crippen molar-refractivity contribution in [1.29, 1.82) is 0 Å². The first kappa shape index (κ1) is 13.2. The monoisotopic (exact) mass is 218 g/mol. The van der Waals surface area contributed by atoms with Gasteiger partial charge >= 0.3 is 12.4 Å². The van der Waals surface area contributed by atoms with Gasteiger partial charge in [0.25, 0.3) is 0 Å². The van der Waals surface area contributed by atoms with Gasteiger partial charge in [0.2, 0.25) is 0 Å². The van der Waals surface area contributed by atoms with Crippen LogP contribution in [0.2, 0.25) is 0 Å². The number of ether oxygens (including phenoxy) is 1. The first-order chi connectivity index (χ1) is 6.45. The second kappa shape index (κ2) is 6.62. The summed E-state index contributed by atoms with van der Waals surface area (Å²) in [5, 5.41) is 0. The fourth-order valence-corrected chi connectivity index (χ4v) is 1.02. The predicted molar refractivity (Wildman–Crippen MR) is 40.5 cm³/mol. The summed E-state index contributed by atoms with van der Waals surface area (Å²) < 4.78 is 56.8. The smallest absolute Gasteiger partial charge is 0.377 e. The molecule has 84 valence electrons. The van der Waals surface area contributed by atoms with Crippen LogP contribution in [0.25, 0.3) is 0 Å². The van der Waals surface area contributed by atoms with Gasteiger partial charge in [0, 0.05) is 0 Å². The lowest BCUT2D eigenvalue weighted by Gasteiger charge is -2.03. The average molecular weight is 218 g/mol. The maximum absolute atomic E-state index is 11.2. The molecule has 1 saturated carbocycles. The SMILES string of the molecule is C1CCCC1.FC=C(F)OC(F)(F)F. The minimum Gasteiger partial charge on any atom is -0.377 e. The number of rotatable bonds is 1. The van der Waals surface area contributed by atoms with E-state index in [1.807, 2.05) is 0 Å². The van der Waals surface area contributed by atoms with E-state index >= 15 is 0 Å². The number of halogens is 5. The molecule has 0 aromatic heterocycles. The quantitative estimate of drug-likeness (QED) is 0.473. The lowest BCUT2D eigenvalue weighted by molar-refractivity contribution is -0.314. The van der Waals surface area contributed by atoms with E-state index in [1.54, 1.807) is 0 Å². The van der Waals surface area contributed by atoms with Crippen LogP contribution in [0.4, 0.5) is 22.0 Å². The van der Waals surface area contributed by atoms with Crippen LogP contribution in [-0.4, -0.2) is 6.36 Å². The standard InChI is InChI=1S/C5H10.C3HF5O/c1-2-4-5-3-1;4-1-2(5)9-3(6,7)8/h1-5H2;1H. The van der Waals surface area contributed by atoms with Crippen LogP contribution >= 0.6 is 0 Å². The number of hydrogen-bond donors (Lipinski definition) is 0. The van der Waals surface area contributed by atoms with E-state index in [2.05, 4.69) is 4.74 Å². The van der Waals surface area contributed by atoms with E-state index in [0.717, 1.165) is 0 Å². The highest BCUT2D eigenvalue weighted by molar-refractivity contribution is 4.71. The molecule has 0 aliphatic heterocycles. The lowest BCUT2D eigenvalue weighted by atomic mass is 10.4. The molecule has 0 spiro atoms. The molecular formula is C8H11F5O. The molecule has 1 fully saturated rings. The molecule has 0 aromatic rings. The van der Waals surface area contributed by atoms with Crippen molar-refractivity contribution in [3.63, 3.8) is 0 Å². The van der Waals surface area contributed by atoms with Crippen LogP contribution in [0.1, 0.15) is 32.1 Å². The van der Waals surface area contributed by atoms with Gasteiger partial charge in [-0.25, -0.2) is 4.39 Å². The molecule has 1 aliphatic rings. The summed E-state index contributed by atoms with van der Waals surface area (Å²) in [5.41, 5.74) is 0. The molecule has 0 radical (unpaired) electrons. The number of hydrogen-bond acceptors (Lipinski definition) is 1. The molecule has 1 rings (SSSR count). The van der Waals surface area contributed by atoms with E-state index in [9.17, 15) is 22.0 Å². The van der Waals surface area contributed by atoms with Crippen LogP contribution in [0.3, 0.4) is 0 Å². The summed E-state index contributed by atoms with van der Waals surface area (Å²) in [6.07, 6.45) is 1.42. The van der Waals surface area contributed by atoms with Gasteiger partial charge in [0.1, 0.15) is 0 Å². The fourth-order valence-electron chi connectivity index (χ4n) is 1.02. The molecule has 6 heteroatoms. The average Bonchev–Trinajstić information content (AvgIpc) is 2.57. The Morgan fingerprint density at radius 1 is 1.00 bits per heavy atom. The van der Waals surface area contributed by atoms with Crippen molar-refractivity contribution in [1.82, 2.24) is 0 Å². The molecule has 0 aromatic carbocycles. The summed E-state index contributed by atoms with van der Waals surface area (Å²) >= 11 is 0. The lowest BCUT2D eigenvalue weighted by Crippen LogP contribution is -2.10. The van der Waals surface area contributed by atoms with Gasteiger partial charge in [-0.3, -0.25) is 0 Å². The molecule has 0 amide bonds. The van der Waals surface area contributed by atoms with Crippen molar-refractivity contribution in [2.75, 3.05) is 0 Å². The third-order valence-electron chi connectivity index (χ3n) is 1.55. The van der Waals surface area contributed by atoms with E-state index in [1.165, 1.54) is 32.1 Å². The molecule has 1 aliphatic carbocycles. The first-order valence-electron chi connectivity index (χ1n) is 4.17. The molecule has 0 N–H and O–H groups in total. The summed E-state index contributed by atoms with van der Waals surface area (Å²) in [6.45, 7) is 0. The van der Waals surface area contributed by atoms with Gasteiger partial charge in [-0.05, 0) is 0 Å². The van der Waals surface area contributed by atoms with E-state index < -0.39 is 18.7 Å². The Morgan fingerprint density at radius 2 is 1.36 bits per heavy atom. The van der Waals surface area contributed by atoms with Crippen molar-refractivity contribution in [3.8, 4) is 0 Å². The zero-order chi connectivity index (χ0) is 11.0. The Kier molecular flexibility index (Phi) is 6.23. The van der Waals surface area contributed by atoms with Gasteiger partial charge in [0.15, 0.2) is 6.33 Å². The highest BCUT2D eigenvalue weighted by Crippen LogP contribution is 2.20. The van der Waals surface area contributed by atoms with Crippen molar-refractivity contribution < 1.29 is 26.7 Å². The van der Waals surface area contributed by atoms with E-state index in [-0.39, 0.29) is 0 Å². The van der Waals surface area contributed by atoms with Crippen molar-refractivity contribution in [3.05, 3.63) is 12.3 Å². The predicted octanol–water partition coefficient (Wildman–Crippen LogP) is 4.21. The van der Waals surface area contributed by atoms with E-state index in [0.29, 0.717) is 0 Å². The minimum absolute atomic E-state index is 0.923. The minimum atomic E-state index is -5.16. The molecule has 0 atom stereocenters. The zero-order valence-electron chi connectivity index (χ0n) is 7.41. The molecule has 1 nitrogen and oxygen atoms in total. The van der Waals surface area contributed by atoms with Gasteiger partial charge < -0.3 is 4.74 Å². The third-order valence-corrected chi connectivity index (χ3v) is 1.55. The zero-order valence-corrected chi connectivity index (χ0v) is 7.41. The number of alkyl halides is 3. The van der Waals surface area contributed by atoms with Gasteiger partial charge in [-0.15, -0.1) is 13.2 Å². The van der Waals surface area contributed by atoms with Crippen LogP contribution in [0.15, 0.2) is 12.3 Å². The maximum Gasteiger partial charge on any atom is 0.574 e. The fraction of sp³-hybridized carbons (Fsp3) is 0.750. The van der Waals surface area contributed by atoms with Crippen LogP contribution < -0.4 is 0 Å². The molecule has 0 bridgehead atoms. The third kappa shape index (κ3) is 9.28. The van der Waals surface area contributed by atoms with Crippen LogP contribution in [0, 0.1) is 0 Å². The van der Waals surface area contributed by atoms with Crippen molar-refractivity contribution in [2.45, 2.75) is 38.5 Å². The Labute approximate surface area is 78.5 Å². The second-order valence-electron chi connectivity index (χ2n) is 2.73. The van der Waals surface area contributed by atoms with Gasteiger partial charge in [-0.1, -0.05) is 32.1 Å². The maximum atomic E-state index is 11.2.